The van der Waals surface area contributed by atoms with E-state index in [1.54, 1.807) is 12.1 Å². The number of ether oxygens (including phenoxy) is 2. The highest BCUT2D eigenvalue weighted by molar-refractivity contribution is 6.32. The molecule has 3 aromatic rings. The minimum absolute atomic E-state index is 0.0546. The zero-order valence-electron chi connectivity index (χ0n) is 18.1. The minimum Gasteiger partial charge on any atom is -0.493 e. The van der Waals surface area contributed by atoms with Crippen molar-refractivity contribution in [2.45, 2.75) is 20.5 Å². The van der Waals surface area contributed by atoms with E-state index in [2.05, 4.69) is 5.32 Å². The smallest absolute Gasteiger partial charge is 0.266 e. The molecule has 0 saturated carbocycles. The maximum atomic E-state index is 12.7. The molecule has 6 heteroatoms. The fourth-order valence-corrected chi connectivity index (χ4v) is 3.43. The number of aryl methyl sites for hydroxylation is 2. The number of methoxy groups -OCH3 is 1. The predicted octanol–water partition coefficient (Wildman–Crippen LogP) is 6.09. The molecule has 3 aromatic carbocycles. The number of benzene rings is 3. The Labute approximate surface area is 192 Å². The maximum absolute atomic E-state index is 12.7. The summed E-state index contributed by atoms with van der Waals surface area (Å²) in [6, 6.07) is 20.6. The Morgan fingerprint density at radius 3 is 2.53 bits per heavy atom. The van der Waals surface area contributed by atoms with Crippen molar-refractivity contribution in [3.63, 3.8) is 0 Å². The largest absolute Gasteiger partial charge is 0.493 e. The van der Waals surface area contributed by atoms with Gasteiger partial charge in [-0.05, 0) is 54.8 Å². The van der Waals surface area contributed by atoms with Gasteiger partial charge in [0, 0.05) is 5.69 Å². The highest BCUT2D eigenvalue weighted by Gasteiger charge is 2.15. The molecule has 0 aliphatic heterocycles. The van der Waals surface area contributed by atoms with Crippen LogP contribution in [0.2, 0.25) is 5.02 Å². The molecule has 0 aliphatic rings. The van der Waals surface area contributed by atoms with E-state index in [1.807, 2.05) is 68.4 Å². The summed E-state index contributed by atoms with van der Waals surface area (Å²) in [7, 11) is 1.51. The van der Waals surface area contributed by atoms with Crippen LogP contribution in [0.3, 0.4) is 0 Å². The maximum Gasteiger partial charge on any atom is 0.266 e. The van der Waals surface area contributed by atoms with Crippen LogP contribution in [0.1, 0.15) is 22.3 Å². The van der Waals surface area contributed by atoms with Gasteiger partial charge in [0.1, 0.15) is 18.2 Å². The van der Waals surface area contributed by atoms with Crippen LogP contribution in [0.25, 0.3) is 6.08 Å². The Morgan fingerprint density at radius 1 is 1.12 bits per heavy atom. The third-order valence-corrected chi connectivity index (χ3v) is 5.06. The predicted molar refractivity (Wildman–Crippen MR) is 127 cm³/mol. The summed E-state index contributed by atoms with van der Waals surface area (Å²) in [4.78, 5) is 12.7. The number of hydrogen-bond donors (Lipinski definition) is 1. The minimum atomic E-state index is -0.501. The Bertz CT molecular complexity index is 1200. The molecule has 162 valence electrons. The number of hydrogen-bond acceptors (Lipinski definition) is 4. The van der Waals surface area contributed by atoms with Gasteiger partial charge >= 0.3 is 0 Å². The van der Waals surface area contributed by atoms with E-state index in [1.165, 1.54) is 13.2 Å². The second kappa shape index (κ2) is 10.5. The van der Waals surface area contributed by atoms with E-state index in [0.29, 0.717) is 34.4 Å². The summed E-state index contributed by atoms with van der Waals surface area (Å²) in [5, 5.41) is 12.6. The van der Waals surface area contributed by atoms with Crippen molar-refractivity contribution in [2.75, 3.05) is 12.4 Å². The van der Waals surface area contributed by atoms with Gasteiger partial charge in [0.2, 0.25) is 0 Å². The fraction of sp³-hybridized carbons (Fsp3) is 0.154. The van der Waals surface area contributed by atoms with Crippen LogP contribution >= 0.6 is 11.6 Å². The van der Waals surface area contributed by atoms with Crippen molar-refractivity contribution < 1.29 is 14.3 Å². The summed E-state index contributed by atoms with van der Waals surface area (Å²) in [5.41, 5.74) is 4.15. The quantitative estimate of drug-likeness (QED) is 0.352. The molecule has 32 heavy (non-hydrogen) atoms. The molecule has 0 spiro atoms. The number of carbonyl (C=O) groups is 1. The number of anilines is 1. The normalized spacial score (nSPS) is 10.9. The Hall–Kier alpha value is -3.75. The van der Waals surface area contributed by atoms with E-state index < -0.39 is 5.91 Å². The summed E-state index contributed by atoms with van der Waals surface area (Å²) in [6.45, 7) is 4.20. The molecular weight excluding hydrogens is 424 g/mol. The molecule has 0 heterocycles. The lowest BCUT2D eigenvalue weighted by Crippen LogP contribution is -2.14. The third kappa shape index (κ3) is 5.69. The molecule has 5 nitrogen and oxygen atoms in total. The molecule has 0 bridgehead atoms. The van der Waals surface area contributed by atoms with Crippen LogP contribution < -0.4 is 14.8 Å². The van der Waals surface area contributed by atoms with E-state index in [9.17, 15) is 10.1 Å². The zero-order chi connectivity index (χ0) is 23.1. The first kappa shape index (κ1) is 22.9. The standard InChI is InChI=1S/C26H23ClN2O3/c1-17-9-10-23(18(2)11-17)29-26(30)21(15-28)12-20-13-22(27)25(24(14-20)31-3)32-16-19-7-5-4-6-8-19/h4-14H,16H2,1-3H3,(H,29,30)/b21-12+. The van der Waals surface area contributed by atoms with Crippen molar-refractivity contribution in [1.29, 1.82) is 5.26 Å². The summed E-state index contributed by atoms with van der Waals surface area (Å²) >= 11 is 6.43. The van der Waals surface area contributed by atoms with E-state index in [4.69, 9.17) is 21.1 Å². The molecule has 0 unspecified atom stereocenters. The zero-order valence-corrected chi connectivity index (χ0v) is 18.9. The van der Waals surface area contributed by atoms with Gasteiger partial charge < -0.3 is 14.8 Å². The number of nitriles is 1. The lowest BCUT2D eigenvalue weighted by Gasteiger charge is -2.14. The number of amides is 1. The SMILES string of the molecule is COc1cc(/C=C(\C#N)C(=O)Nc2ccc(C)cc2C)cc(Cl)c1OCc1ccccc1. The number of nitrogens with zero attached hydrogens (tertiary/aromatic N) is 1. The van der Waals surface area contributed by atoms with Crippen molar-refractivity contribution in [1.82, 2.24) is 0 Å². The number of nitrogens with one attached hydrogen (secondary N) is 1. The topological polar surface area (TPSA) is 71.3 Å². The summed E-state index contributed by atoms with van der Waals surface area (Å²) < 4.78 is 11.3. The van der Waals surface area contributed by atoms with Crippen LogP contribution in [-0.2, 0) is 11.4 Å². The molecule has 1 N–H and O–H groups in total. The molecule has 0 fully saturated rings. The Balaban J connectivity index is 1.83. The molecule has 0 atom stereocenters. The number of carbonyl (C=O) groups excluding carboxylic acids is 1. The van der Waals surface area contributed by atoms with Crippen molar-refractivity contribution in [2.24, 2.45) is 0 Å². The summed E-state index contributed by atoms with van der Waals surface area (Å²) in [6.07, 6.45) is 1.47. The average Bonchev–Trinajstić information content (AvgIpc) is 2.78. The second-order valence-corrected chi connectivity index (χ2v) is 7.66. The lowest BCUT2D eigenvalue weighted by atomic mass is 10.1. The van der Waals surface area contributed by atoms with Crippen LogP contribution in [0.5, 0.6) is 11.5 Å². The molecule has 1 amide bonds. The van der Waals surface area contributed by atoms with Crippen LogP contribution in [0, 0.1) is 25.2 Å². The first-order valence-corrected chi connectivity index (χ1v) is 10.3. The van der Waals surface area contributed by atoms with E-state index in [0.717, 1.165) is 16.7 Å². The van der Waals surface area contributed by atoms with Crippen molar-refractivity contribution in [3.8, 4) is 17.6 Å². The first-order valence-electron chi connectivity index (χ1n) is 9.96. The van der Waals surface area contributed by atoms with Gasteiger partial charge in [0.05, 0.1) is 12.1 Å². The molecule has 0 aliphatic carbocycles. The highest BCUT2D eigenvalue weighted by Crippen LogP contribution is 2.37. The molecular formula is C26H23ClN2O3. The van der Waals surface area contributed by atoms with Crippen molar-refractivity contribution in [3.05, 3.63) is 93.5 Å². The van der Waals surface area contributed by atoms with Crippen LogP contribution in [-0.4, -0.2) is 13.0 Å². The molecule has 0 radical (unpaired) electrons. The van der Waals surface area contributed by atoms with Gasteiger partial charge in [-0.3, -0.25) is 4.79 Å². The van der Waals surface area contributed by atoms with Gasteiger partial charge in [0.25, 0.3) is 5.91 Å². The van der Waals surface area contributed by atoms with Gasteiger partial charge in [0.15, 0.2) is 11.5 Å². The number of halogens is 1. The van der Waals surface area contributed by atoms with E-state index in [-0.39, 0.29) is 5.57 Å². The highest BCUT2D eigenvalue weighted by atomic mass is 35.5. The Morgan fingerprint density at radius 2 is 1.88 bits per heavy atom. The molecule has 3 rings (SSSR count). The van der Waals surface area contributed by atoms with Crippen molar-refractivity contribution >= 4 is 29.3 Å². The molecule has 0 saturated heterocycles. The molecule has 0 aromatic heterocycles. The van der Waals surface area contributed by atoms with Gasteiger partial charge in [-0.1, -0.05) is 59.6 Å². The second-order valence-electron chi connectivity index (χ2n) is 7.25. The first-order chi connectivity index (χ1) is 15.4. The third-order valence-electron chi connectivity index (χ3n) is 4.78. The Kier molecular flexibility index (Phi) is 7.54. The monoisotopic (exact) mass is 446 g/mol. The van der Waals surface area contributed by atoms with Gasteiger partial charge in [-0.2, -0.15) is 5.26 Å². The van der Waals surface area contributed by atoms with Gasteiger partial charge in [-0.25, -0.2) is 0 Å². The average molecular weight is 447 g/mol. The van der Waals surface area contributed by atoms with Gasteiger partial charge in [-0.15, -0.1) is 0 Å². The lowest BCUT2D eigenvalue weighted by molar-refractivity contribution is -0.112. The number of rotatable bonds is 7. The fourth-order valence-electron chi connectivity index (χ4n) is 3.15. The van der Waals surface area contributed by atoms with Crippen LogP contribution in [0.4, 0.5) is 5.69 Å². The van der Waals surface area contributed by atoms with Crippen LogP contribution in [0.15, 0.2) is 66.2 Å². The summed E-state index contributed by atoms with van der Waals surface area (Å²) in [5.74, 6) is 0.305. The van der Waals surface area contributed by atoms with E-state index >= 15 is 0 Å².